The Morgan fingerprint density at radius 2 is 2.07 bits per heavy atom. The maximum atomic E-state index is 11.5. The second-order valence-corrected chi connectivity index (χ2v) is 8.58. The predicted molar refractivity (Wildman–Crippen MR) is 118 cm³/mol. The van der Waals surface area contributed by atoms with Gasteiger partial charge in [-0.3, -0.25) is 4.79 Å². The first kappa shape index (κ1) is 19.2. The summed E-state index contributed by atoms with van der Waals surface area (Å²) in [4.78, 5) is 11.5. The van der Waals surface area contributed by atoms with Crippen LogP contribution in [0.2, 0.25) is 0 Å². The van der Waals surface area contributed by atoms with Gasteiger partial charge in [0, 0.05) is 4.70 Å². The molecule has 0 saturated heterocycles. The number of benzene rings is 2. The Labute approximate surface area is 170 Å². The second-order valence-electron chi connectivity index (χ2n) is 7.53. The molecule has 0 amide bonds. The minimum Gasteiger partial charge on any atom is -0.496 e. The predicted octanol–water partition coefficient (Wildman–Crippen LogP) is 4.91. The average Bonchev–Trinajstić information content (AvgIpc) is 2.73. The molecule has 1 aliphatic carbocycles. The largest absolute Gasteiger partial charge is 0.496 e. The molecule has 4 rings (SSSR count). The van der Waals surface area contributed by atoms with Crippen molar-refractivity contribution < 1.29 is 4.74 Å². The van der Waals surface area contributed by atoms with Crippen molar-refractivity contribution in [1.29, 1.82) is 0 Å². The van der Waals surface area contributed by atoms with Gasteiger partial charge in [-0.1, -0.05) is 35.6 Å². The summed E-state index contributed by atoms with van der Waals surface area (Å²) < 4.78 is 6.74. The number of fused-ring (bicyclic) bond motifs is 2. The van der Waals surface area contributed by atoms with Crippen LogP contribution in [0, 0.1) is 0 Å². The topological polar surface area (TPSA) is 38.3 Å². The third-order valence-electron chi connectivity index (χ3n) is 5.75. The maximum Gasteiger partial charge on any atom is 0.232 e. The molecule has 1 aliphatic rings. The SMILES string of the molecule is COc1cccc2c1CCCC2CCNCCc1ccc2sc(=O)ccc2c1. The van der Waals surface area contributed by atoms with Crippen LogP contribution >= 0.6 is 11.3 Å². The van der Waals surface area contributed by atoms with E-state index in [1.807, 2.05) is 6.07 Å². The summed E-state index contributed by atoms with van der Waals surface area (Å²) in [7, 11) is 1.77. The first-order chi connectivity index (χ1) is 13.7. The van der Waals surface area contributed by atoms with Gasteiger partial charge in [-0.2, -0.15) is 0 Å². The number of hydrogen-bond acceptors (Lipinski definition) is 4. The molecular formula is C24H27NO2S. The lowest BCUT2D eigenvalue weighted by Gasteiger charge is -2.27. The highest BCUT2D eigenvalue weighted by atomic mass is 32.1. The van der Waals surface area contributed by atoms with Crippen molar-refractivity contribution in [3.63, 3.8) is 0 Å². The minimum absolute atomic E-state index is 0.115. The monoisotopic (exact) mass is 393 g/mol. The van der Waals surface area contributed by atoms with Crippen molar-refractivity contribution in [2.24, 2.45) is 0 Å². The smallest absolute Gasteiger partial charge is 0.232 e. The molecule has 3 nitrogen and oxygen atoms in total. The summed E-state index contributed by atoms with van der Waals surface area (Å²) >= 11 is 1.32. The van der Waals surface area contributed by atoms with Gasteiger partial charge < -0.3 is 10.1 Å². The molecule has 28 heavy (non-hydrogen) atoms. The Bertz CT molecular complexity index is 1010. The molecular weight excluding hydrogens is 366 g/mol. The van der Waals surface area contributed by atoms with Gasteiger partial charge >= 0.3 is 0 Å². The molecule has 1 aromatic heterocycles. The molecule has 2 aromatic carbocycles. The normalized spacial score (nSPS) is 16.1. The van der Waals surface area contributed by atoms with Gasteiger partial charge in [0.1, 0.15) is 5.75 Å². The van der Waals surface area contributed by atoms with E-state index < -0.39 is 0 Å². The van der Waals surface area contributed by atoms with Gasteiger partial charge in [0.2, 0.25) is 4.74 Å². The molecule has 1 heterocycles. The van der Waals surface area contributed by atoms with Crippen LogP contribution in [0.5, 0.6) is 5.75 Å². The molecule has 146 valence electrons. The van der Waals surface area contributed by atoms with Crippen LogP contribution < -0.4 is 14.8 Å². The molecule has 1 unspecified atom stereocenters. The van der Waals surface area contributed by atoms with E-state index in [0.717, 1.165) is 41.8 Å². The third-order valence-corrected chi connectivity index (χ3v) is 6.68. The van der Waals surface area contributed by atoms with Crippen molar-refractivity contribution in [2.75, 3.05) is 20.2 Å². The number of rotatable bonds is 7. The van der Waals surface area contributed by atoms with Crippen LogP contribution in [0.4, 0.5) is 0 Å². The highest BCUT2D eigenvalue weighted by Crippen LogP contribution is 2.38. The standard InChI is InChI=1S/C24H27NO2S/c1-27-22-7-3-5-20-18(4-2-6-21(20)22)13-15-25-14-12-17-8-10-23-19(16-17)9-11-24(26)28-23/h3,5,7-11,16,18,25H,2,4,6,12-15H2,1H3. The Morgan fingerprint density at radius 1 is 1.14 bits per heavy atom. The fourth-order valence-electron chi connectivity index (χ4n) is 4.32. The summed E-state index contributed by atoms with van der Waals surface area (Å²) in [6, 6.07) is 16.5. The highest BCUT2D eigenvalue weighted by molar-refractivity contribution is 7.16. The Hall–Kier alpha value is -2.17. The second kappa shape index (κ2) is 8.89. The average molecular weight is 394 g/mol. The maximum absolute atomic E-state index is 11.5. The molecule has 0 spiro atoms. The van der Waals surface area contributed by atoms with Crippen LogP contribution in [-0.2, 0) is 12.8 Å². The van der Waals surface area contributed by atoms with E-state index in [2.05, 4.69) is 41.7 Å². The van der Waals surface area contributed by atoms with E-state index in [0.29, 0.717) is 5.92 Å². The van der Waals surface area contributed by atoms with Gasteiger partial charge in [-0.15, -0.1) is 0 Å². The van der Waals surface area contributed by atoms with E-state index >= 15 is 0 Å². The zero-order valence-corrected chi connectivity index (χ0v) is 17.2. The van der Waals surface area contributed by atoms with Gasteiger partial charge in [0.15, 0.2) is 0 Å². The van der Waals surface area contributed by atoms with Crippen LogP contribution in [0.25, 0.3) is 10.1 Å². The van der Waals surface area contributed by atoms with Gasteiger partial charge in [-0.25, -0.2) is 0 Å². The quantitative estimate of drug-likeness (QED) is 0.580. The molecule has 1 atom stereocenters. The van der Waals surface area contributed by atoms with Crippen molar-refractivity contribution in [3.05, 3.63) is 74.8 Å². The summed E-state index contributed by atoms with van der Waals surface area (Å²) in [5, 5.41) is 4.78. The van der Waals surface area contributed by atoms with Crippen molar-refractivity contribution >= 4 is 21.4 Å². The highest BCUT2D eigenvalue weighted by Gasteiger charge is 2.22. The van der Waals surface area contributed by atoms with Crippen molar-refractivity contribution in [3.8, 4) is 5.75 Å². The fourth-order valence-corrected chi connectivity index (χ4v) is 5.05. The molecule has 1 N–H and O–H groups in total. The summed E-state index contributed by atoms with van der Waals surface area (Å²) in [5.74, 6) is 1.69. The van der Waals surface area contributed by atoms with Crippen LogP contribution in [-0.4, -0.2) is 20.2 Å². The lowest BCUT2D eigenvalue weighted by atomic mass is 9.80. The summed E-state index contributed by atoms with van der Waals surface area (Å²) in [6.45, 7) is 2.02. The lowest BCUT2D eigenvalue weighted by Crippen LogP contribution is -2.22. The van der Waals surface area contributed by atoms with Gasteiger partial charge in [0.05, 0.1) is 7.11 Å². The van der Waals surface area contributed by atoms with Crippen LogP contribution in [0.1, 0.15) is 41.9 Å². The van der Waals surface area contributed by atoms with Gasteiger partial charge in [-0.05, 0) is 97.5 Å². The molecule has 4 heteroatoms. The van der Waals surface area contributed by atoms with E-state index in [1.54, 1.807) is 13.2 Å². The molecule has 0 radical (unpaired) electrons. The number of hydrogen-bond donors (Lipinski definition) is 1. The third kappa shape index (κ3) is 4.29. The lowest BCUT2D eigenvalue weighted by molar-refractivity contribution is 0.401. The Kier molecular flexibility index (Phi) is 6.08. The van der Waals surface area contributed by atoms with E-state index in [9.17, 15) is 4.79 Å². The number of nitrogens with one attached hydrogen (secondary N) is 1. The summed E-state index contributed by atoms with van der Waals surface area (Å²) in [5.41, 5.74) is 4.22. The van der Waals surface area contributed by atoms with Crippen LogP contribution in [0.15, 0.2) is 53.3 Å². The van der Waals surface area contributed by atoms with Gasteiger partial charge in [0.25, 0.3) is 0 Å². The molecule has 3 aromatic rings. The number of methoxy groups -OCH3 is 1. The zero-order chi connectivity index (χ0) is 19.3. The first-order valence-electron chi connectivity index (χ1n) is 10.1. The van der Waals surface area contributed by atoms with E-state index in [4.69, 9.17) is 4.74 Å². The fraction of sp³-hybridized carbons (Fsp3) is 0.375. The van der Waals surface area contributed by atoms with E-state index in [1.165, 1.54) is 47.3 Å². The Morgan fingerprint density at radius 3 is 2.96 bits per heavy atom. The first-order valence-corrected chi connectivity index (χ1v) is 11.0. The van der Waals surface area contributed by atoms with Crippen LogP contribution in [0.3, 0.4) is 0 Å². The minimum atomic E-state index is 0.115. The van der Waals surface area contributed by atoms with Crippen molar-refractivity contribution in [2.45, 2.75) is 38.0 Å². The molecule has 0 aliphatic heterocycles. The molecule has 0 fully saturated rings. The number of ether oxygens (including phenoxy) is 1. The molecule has 0 saturated carbocycles. The summed E-state index contributed by atoms with van der Waals surface area (Å²) in [6.07, 6.45) is 5.84. The Balaban J connectivity index is 1.29. The zero-order valence-electron chi connectivity index (χ0n) is 16.4. The van der Waals surface area contributed by atoms with E-state index in [-0.39, 0.29) is 4.74 Å². The van der Waals surface area contributed by atoms with Crippen molar-refractivity contribution in [1.82, 2.24) is 5.32 Å². The molecule has 0 bridgehead atoms.